The van der Waals surface area contributed by atoms with E-state index in [0.29, 0.717) is 4.90 Å². The quantitative estimate of drug-likeness (QED) is 0.325. The first-order chi connectivity index (χ1) is 14.2. The molecule has 0 saturated carbocycles. The van der Waals surface area contributed by atoms with Gasteiger partial charge in [0.1, 0.15) is 5.60 Å². The van der Waals surface area contributed by atoms with Gasteiger partial charge in [-0.1, -0.05) is 0 Å². The standard InChI is InChI=1S/C20H21F3N2O6/c1-9-10(2)15(22)17(16(23)14(9)21)30-18(28)11(25-12(26)6-7-13(25)27)8-24-19(29)31-20(3,4)5/h6-7,11H,8H2,1-5H3,(H,24,29)/t11-/m0/s1. The van der Waals surface area contributed by atoms with Gasteiger partial charge >= 0.3 is 12.1 Å². The average Bonchev–Trinajstić information content (AvgIpc) is 2.99. The molecule has 0 fully saturated rings. The van der Waals surface area contributed by atoms with Crippen molar-refractivity contribution in [2.45, 2.75) is 46.3 Å². The van der Waals surface area contributed by atoms with Gasteiger partial charge in [0.15, 0.2) is 17.7 Å². The van der Waals surface area contributed by atoms with E-state index in [2.05, 4.69) is 5.32 Å². The summed E-state index contributed by atoms with van der Waals surface area (Å²) in [7, 11) is 0. The fourth-order valence-electron chi connectivity index (χ4n) is 2.61. The second-order valence-electron chi connectivity index (χ2n) is 7.72. The van der Waals surface area contributed by atoms with E-state index in [1.807, 2.05) is 0 Å². The third-order valence-corrected chi connectivity index (χ3v) is 4.28. The topological polar surface area (TPSA) is 102 Å². The van der Waals surface area contributed by atoms with Crippen molar-refractivity contribution in [1.29, 1.82) is 0 Å². The predicted octanol–water partition coefficient (Wildman–Crippen LogP) is 2.44. The van der Waals surface area contributed by atoms with Crippen molar-refractivity contribution in [3.05, 3.63) is 40.7 Å². The zero-order chi connectivity index (χ0) is 23.7. The van der Waals surface area contributed by atoms with Crippen LogP contribution in [0.3, 0.4) is 0 Å². The summed E-state index contributed by atoms with van der Waals surface area (Å²) in [5, 5.41) is 2.19. The van der Waals surface area contributed by atoms with Gasteiger partial charge in [-0.05, 0) is 45.7 Å². The summed E-state index contributed by atoms with van der Waals surface area (Å²) in [6.45, 7) is 6.36. The lowest BCUT2D eigenvalue weighted by Crippen LogP contribution is -2.53. The van der Waals surface area contributed by atoms with Gasteiger partial charge in [-0.3, -0.25) is 14.5 Å². The molecule has 0 aliphatic carbocycles. The SMILES string of the molecule is Cc1c(C)c(F)c(OC(=O)[C@H](CNC(=O)OC(C)(C)C)N2C(=O)C=CC2=O)c(F)c1F. The number of ether oxygens (including phenoxy) is 2. The summed E-state index contributed by atoms with van der Waals surface area (Å²) >= 11 is 0. The van der Waals surface area contributed by atoms with Gasteiger partial charge in [-0.25, -0.2) is 18.4 Å². The number of esters is 1. The molecule has 1 aliphatic rings. The zero-order valence-electron chi connectivity index (χ0n) is 17.5. The summed E-state index contributed by atoms with van der Waals surface area (Å²) in [4.78, 5) is 49.0. The van der Waals surface area contributed by atoms with Crippen LogP contribution in [0.25, 0.3) is 0 Å². The van der Waals surface area contributed by atoms with E-state index >= 15 is 0 Å². The molecule has 1 aliphatic heterocycles. The van der Waals surface area contributed by atoms with Crippen LogP contribution in [0.2, 0.25) is 0 Å². The second-order valence-corrected chi connectivity index (χ2v) is 7.72. The maximum absolute atomic E-state index is 14.4. The molecule has 8 nitrogen and oxygen atoms in total. The highest BCUT2D eigenvalue weighted by Gasteiger charge is 2.39. The number of carbonyl (C=O) groups is 4. The van der Waals surface area contributed by atoms with Crippen LogP contribution < -0.4 is 10.1 Å². The van der Waals surface area contributed by atoms with Gasteiger partial charge in [0.25, 0.3) is 11.8 Å². The molecule has 11 heteroatoms. The minimum Gasteiger partial charge on any atom is -0.444 e. The van der Waals surface area contributed by atoms with Crippen LogP contribution in [0.1, 0.15) is 31.9 Å². The molecule has 0 saturated heterocycles. The number of benzene rings is 1. The highest BCUT2D eigenvalue weighted by atomic mass is 19.2. The Bertz CT molecular complexity index is 937. The van der Waals surface area contributed by atoms with E-state index < -0.39 is 65.3 Å². The number of nitrogens with one attached hydrogen (secondary N) is 1. The molecule has 0 radical (unpaired) electrons. The molecule has 1 aromatic carbocycles. The van der Waals surface area contributed by atoms with Gasteiger partial charge in [0, 0.05) is 12.2 Å². The normalized spacial score (nSPS) is 14.6. The van der Waals surface area contributed by atoms with E-state index in [9.17, 15) is 32.3 Å². The average molecular weight is 442 g/mol. The predicted molar refractivity (Wildman–Crippen MR) is 100 cm³/mol. The van der Waals surface area contributed by atoms with Gasteiger partial charge < -0.3 is 14.8 Å². The summed E-state index contributed by atoms with van der Waals surface area (Å²) in [6, 6.07) is -1.80. The zero-order valence-corrected chi connectivity index (χ0v) is 17.5. The Kier molecular flexibility index (Phi) is 6.77. The Hall–Kier alpha value is -3.37. The second kappa shape index (κ2) is 8.78. The van der Waals surface area contributed by atoms with Gasteiger partial charge in [-0.2, -0.15) is 4.39 Å². The number of imide groups is 1. The Morgan fingerprint density at radius 3 is 2.03 bits per heavy atom. The lowest BCUT2D eigenvalue weighted by molar-refractivity contribution is -0.151. The summed E-state index contributed by atoms with van der Waals surface area (Å²) in [6.07, 6.45) is 0.756. The van der Waals surface area contributed by atoms with Crippen molar-refractivity contribution in [2.75, 3.05) is 6.54 Å². The van der Waals surface area contributed by atoms with Crippen molar-refractivity contribution < 1.29 is 41.8 Å². The minimum absolute atomic E-state index is 0.292. The van der Waals surface area contributed by atoms with Crippen molar-refractivity contribution in [2.24, 2.45) is 0 Å². The Morgan fingerprint density at radius 1 is 1.00 bits per heavy atom. The molecule has 1 atom stereocenters. The summed E-state index contributed by atoms with van der Waals surface area (Å²) in [5.74, 6) is -9.09. The summed E-state index contributed by atoms with van der Waals surface area (Å²) in [5.41, 5.74) is -1.49. The number of hydrogen-bond acceptors (Lipinski definition) is 6. The summed E-state index contributed by atoms with van der Waals surface area (Å²) < 4.78 is 52.3. The van der Waals surface area contributed by atoms with E-state index in [-0.39, 0.29) is 11.1 Å². The first kappa shape index (κ1) is 23.9. The highest BCUT2D eigenvalue weighted by molar-refractivity contribution is 6.15. The fourth-order valence-corrected chi connectivity index (χ4v) is 2.61. The van der Waals surface area contributed by atoms with Crippen molar-refractivity contribution >= 4 is 23.9 Å². The van der Waals surface area contributed by atoms with Crippen molar-refractivity contribution in [3.63, 3.8) is 0 Å². The fraction of sp³-hybridized carbons (Fsp3) is 0.400. The van der Waals surface area contributed by atoms with Crippen molar-refractivity contribution in [3.8, 4) is 5.75 Å². The number of hydrogen-bond donors (Lipinski definition) is 1. The minimum atomic E-state index is -1.80. The smallest absolute Gasteiger partial charge is 0.407 e. The molecule has 168 valence electrons. The number of nitrogens with zero attached hydrogens (tertiary/aromatic N) is 1. The van der Waals surface area contributed by atoms with E-state index in [0.717, 1.165) is 26.0 Å². The van der Waals surface area contributed by atoms with E-state index in [1.165, 1.54) is 0 Å². The molecule has 0 unspecified atom stereocenters. The lowest BCUT2D eigenvalue weighted by atomic mass is 10.1. The number of halogens is 3. The van der Waals surface area contributed by atoms with Crippen LogP contribution in [-0.2, 0) is 19.1 Å². The molecular weight excluding hydrogens is 421 g/mol. The molecule has 1 aromatic rings. The molecular formula is C20H21F3N2O6. The molecule has 1 N–H and O–H groups in total. The third-order valence-electron chi connectivity index (χ3n) is 4.28. The molecule has 0 bridgehead atoms. The van der Waals surface area contributed by atoms with Gasteiger partial charge in [0.05, 0.1) is 6.54 Å². The Labute approximate surface area is 176 Å². The maximum atomic E-state index is 14.4. The Morgan fingerprint density at radius 2 is 1.52 bits per heavy atom. The maximum Gasteiger partial charge on any atom is 0.407 e. The third kappa shape index (κ3) is 5.22. The van der Waals surface area contributed by atoms with Crippen LogP contribution in [0.5, 0.6) is 5.75 Å². The first-order valence-corrected chi connectivity index (χ1v) is 9.12. The lowest BCUT2D eigenvalue weighted by Gasteiger charge is -2.26. The van der Waals surface area contributed by atoms with Crippen LogP contribution >= 0.6 is 0 Å². The monoisotopic (exact) mass is 442 g/mol. The first-order valence-electron chi connectivity index (χ1n) is 9.12. The molecule has 0 spiro atoms. The van der Waals surface area contributed by atoms with Crippen LogP contribution in [0.15, 0.2) is 12.2 Å². The van der Waals surface area contributed by atoms with E-state index in [4.69, 9.17) is 9.47 Å². The Balaban J connectivity index is 2.32. The molecule has 1 heterocycles. The van der Waals surface area contributed by atoms with Crippen LogP contribution in [0, 0.1) is 31.3 Å². The van der Waals surface area contributed by atoms with Crippen molar-refractivity contribution in [1.82, 2.24) is 10.2 Å². The van der Waals surface area contributed by atoms with Gasteiger partial charge in [-0.15, -0.1) is 0 Å². The number of amides is 3. The highest BCUT2D eigenvalue weighted by Crippen LogP contribution is 2.30. The molecule has 31 heavy (non-hydrogen) atoms. The molecule has 2 rings (SSSR count). The number of carbonyl (C=O) groups excluding carboxylic acids is 4. The molecule has 0 aromatic heterocycles. The van der Waals surface area contributed by atoms with E-state index in [1.54, 1.807) is 20.8 Å². The molecule has 3 amide bonds. The van der Waals surface area contributed by atoms with Gasteiger partial charge in [0.2, 0.25) is 11.6 Å². The largest absolute Gasteiger partial charge is 0.444 e. The number of alkyl carbamates (subject to hydrolysis) is 1. The van der Waals surface area contributed by atoms with Crippen LogP contribution in [0.4, 0.5) is 18.0 Å². The number of rotatable bonds is 5. The van der Waals surface area contributed by atoms with Crippen LogP contribution in [-0.4, -0.2) is 47.0 Å².